The Labute approximate surface area is 107 Å². The molecular weight excluding hydrogens is 232 g/mol. The van der Waals surface area contributed by atoms with Crippen LogP contribution in [0.15, 0.2) is 0 Å². The molecule has 102 valence electrons. The molecule has 0 aromatic heterocycles. The van der Waals surface area contributed by atoms with E-state index in [1.807, 2.05) is 6.92 Å². The highest BCUT2D eigenvalue weighted by Crippen LogP contribution is 2.25. The molecule has 0 bridgehead atoms. The predicted molar refractivity (Wildman–Crippen MR) is 68.1 cm³/mol. The summed E-state index contributed by atoms with van der Waals surface area (Å²) in [4.78, 5) is 25.5. The second-order valence-corrected chi connectivity index (χ2v) is 5.36. The van der Waals surface area contributed by atoms with Gasteiger partial charge in [0.25, 0.3) is 0 Å². The van der Waals surface area contributed by atoms with E-state index < -0.39 is 5.41 Å². The SMILES string of the molecule is CC1(C(=O)NCCN2CCNCC2)CNC(=O)C1. The van der Waals surface area contributed by atoms with E-state index in [9.17, 15) is 9.59 Å². The minimum absolute atomic E-state index is 0.0176. The van der Waals surface area contributed by atoms with Gasteiger partial charge in [-0.3, -0.25) is 14.5 Å². The van der Waals surface area contributed by atoms with Gasteiger partial charge in [-0.1, -0.05) is 0 Å². The lowest BCUT2D eigenvalue weighted by molar-refractivity contribution is -0.131. The zero-order valence-electron chi connectivity index (χ0n) is 10.9. The normalized spacial score (nSPS) is 29.1. The van der Waals surface area contributed by atoms with Crippen LogP contribution in [0.1, 0.15) is 13.3 Å². The highest BCUT2D eigenvalue weighted by molar-refractivity contribution is 5.92. The van der Waals surface area contributed by atoms with Crippen LogP contribution in [0.4, 0.5) is 0 Å². The smallest absolute Gasteiger partial charge is 0.228 e. The van der Waals surface area contributed by atoms with Crippen LogP contribution in [-0.4, -0.2) is 62.5 Å². The zero-order chi connectivity index (χ0) is 13.0. The molecule has 2 aliphatic rings. The third-order valence-electron chi connectivity index (χ3n) is 3.70. The van der Waals surface area contributed by atoms with Gasteiger partial charge in [-0.2, -0.15) is 0 Å². The Balaban J connectivity index is 1.69. The summed E-state index contributed by atoms with van der Waals surface area (Å²) in [5, 5.41) is 8.95. The van der Waals surface area contributed by atoms with Gasteiger partial charge < -0.3 is 16.0 Å². The predicted octanol–water partition coefficient (Wildman–Crippen LogP) is -1.47. The van der Waals surface area contributed by atoms with Gasteiger partial charge in [-0.25, -0.2) is 0 Å². The van der Waals surface area contributed by atoms with Gasteiger partial charge in [-0.05, 0) is 6.92 Å². The van der Waals surface area contributed by atoms with Crippen molar-refractivity contribution in [1.82, 2.24) is 20.9 Å². The number of hydrogen-bond donors (Lipinski definition) is 3. The lowest BCUT2D eigenvalue weighted by Gasteiger charge is -2.28. The fourth-order valence-corrected chi connectivity index (χ4v) is 2.41. The Morgan fingerprint density at radius 2 is 2.17 bits per heavy atom. The van der Waals surface area contributed by atoms with Crippen LogP contribution < -0.4 is 16.0 Å². The summed E-state index contributed by atoms with van der Waals surface area (Å²) in [6.45, 7) is 7.93. The quantitative estimate of drug-likeness (QED) is 0.573. The van der Waals surface area contributed by atoms with Gasteiger partial charge >= 0.3 is 0 Å². The maximum Gasteiger partial charge on any atom is 0.228 e. The summed E-state index contributed by atoms with van der Waals surface area (Å²) in [5.41, 5.74) is -0.569. The highest BCUT2D eigenvalue weighted by Gasteiger charge is 2.40. The van der Waals surface area contributed by atoms with Crippen molar-refractivity contribution in [2.45, 2.75) is 13.3 Å². The van der Waals surface area contributed by atoms with Crippen molar-refractivity contribution in [3.05, 3.63) is 0 Å². The average Bonchev–Trinajstić information content (AvgIpc) is 2.72. The van der Waals surface area contributed by atoms with E-state index in [1.165, 1.54) is 0 Å². The molecule has 3 N–H and O–H groups in total. The number of piperazine rings is 1. The van der Waals surface area contributed by atoms with E-state index in [-0.39, 0.29) is 11.8 Å². The molecule has 2 fully saturated rings. The topological polar surface area (TPSA) is 73.5 Å². The third-order valence-corrected chi connectivity index (χ3v) is 3.70. The number of amides is 2. The summed E-state index contributed by atoms with van der Waals surface area (Å²) >= 11 is 0. The number of rotatable bonds is 4. The third kappa shape index (κ3) is 3.20. The maximum atomic E-state index is 12.0. The first kappa shape index (κ1) is 13.3. The van der Waals surface area contributed by atoms with E-state index in [2.05, 4.69) is 20.9 Å². The summed E-state index contributed by atoms with van der Waals surface area (Å²) in [5.74, 6) is -0.0502. The molecule has 2 amide bonds. The fourth-order valence-electron chi connectivity index (χ4n) is 2.41. The molecule has 0 saturated carbocycles. The van der Waals surface area contributed by atoms with Gasteiger partial charge in [0.05, 0.1) is 5.41 Å². The van der Waals surface area contributed by atoms with E-state index >= 15 is 0 Å². The Hall–Kier alpha value is -1.14. The number of nitrogens with zero attached hydrogens (tertiary/aromatic N) is 1. The lowest BCUT2D eigenvalue weighted by atomic mass is 9.88. The van der Waals surface area contributed by atoms with Gasteiger partial charge in [0, 0.05) is 52.2 Å². The standard InChI is InChI=1S/C12H22N4O2/c1-12(8-10(17)15-9-12)11(18)14-4-7-16-5-2-13-3-6-16/h13H,2-9H2,1H3,(H,14,18)(H,15,17). The Kier molecular flexibility index (Phi) is 4.19. The van der Waals surface area contributed by atoms with Crippen LogP contribution in [0.25, 0.3) is 0 Å². The Morgan fingerprint density at radius 3 is 2.78 bits per heavy atom. The molecule has 0 aliphatic carbocycles. The second-order valence-electron chi connectivity index (χ2n) is 5.36. The van der Waals surface area contributed by atoms with Crippen molar-refractivity contribution in [2.24, 2.45) is 5.41 Å². The summed E-state index contributed by atoms with van der Waals surface area (Å²) in [7, 11) is 0. The molecule has 6 heteroatoms. The minimum Gasteiger partial charge on any atom is -0.355 e. The van der Waals surface area contributed by atoms with E-state index in [1.54, 1.807) is 0 Å². The van der Waals surface area contributed by atoms with Crippen LogP contribution in [0.5, 0.6) is 0 Å². The van der Waals surface area contributed by atoms with Gasteiger partial charge in [0.1, 0.15) is 0 Å². The van der Waals surface area contributed by atoms with Crippen molar-refractivity contribution in [3.8, 4) is 0 Å². The van der Waals surface area contributed by atoms with Crippen LogP contribution in [0, 0.1) is 5.41 Å². The van der Waals surface area contributed by atoms with Crippen molar-refractivity contribution in [2.75, 3.05) is 45.8 Å². The first-order valence-electron chi connectivity index (χ1n) is 6.58. The van der Waals surface area contributed by atoms with Crippen LogP contribution >= 0.6 is 0 Å². The maximum absolute atomic E-state index is 12.0. The summed E-state index contributed by atoms with van der Waals surface area (Å²) < 4.78 is 0. The molecule has 2 heterocycles. The van der Waals surface area contributed by atoms with Crippen molar-refractivity contribution in [1.29, 1.82) is 0 Å². The monoisotopic (exact) mass is 254 g/mol. The largest absolute Gasteiger partial charge is 0.355 e. The summed E-state index contributed by atoms with van der Waals surface area (Å²) in [6.07, 6.45) is 0.298. The molecule has 2 rings (SSSR count). The first-order chi connectivity index (χ1) is 8.60. The van der Waals surface area contributed by atoms with E-state index in [4.69, 9.17) is 0 Å². The van der Waals surface area contributed by atoms with Crippen LogP contribution in [-0.2, 0) is 9.59 Å². The van der Waals surface area contributed by atoms with E-state index in [0.717, 1.165) is 32.7 Å². The zero-order valence-corrected chi connectivity index (χ0v) is 10.9. The highest BCUT2D eigenvalue weighted by atomic mass is 16.2. The molecule has 6 nitrogen and oxygen atoms in total. The molecule has 0 spiro atoms. The summed E-state index contributed by atoms with van der Waals surface area (Å²) in [6, 6.07) is 0. The minimum atomic E-state index is -0.569. The molecule has 1 unspecified atom stereocenters. The number of carbonyl (C=O) groups is 2. The lowest BCUT2D eigenvalue weighted by Crippen LogP contribution is -2.48. The van der Waals surface area contributed by atoms with Gasteiger partial charge in [0.2, 0.25) is 11.8 Å². The van der Waals surface area contributed by atoms with E-state index in [0.29, 0.717) is 19.5 Å². The van der Waals surface area contributed by atoms with Crippen molar-refractivity contribution in [3.63, 3.8) is 0 Å². The molecular formula is C12H22N4O2. The van der Waals surface area contributed by atoms with Crippen molar-refractivity contribution < 1.29 is 9.59 Å². The fraction of sp³-hybridized carbons (Fsp3) is 0.833. The second kappa shape index (κ2) is 5.67. The number of nitrogens with one attached hydrogen (secondary N) is 3. The molecule has 18 heavy (non-hydrogen) atoms. The average molecular weight is 254 g/mol. The van der Waals surface area contributed by atoms with Crippen LogP contribution in [0.2, 0.25) is 0 Å². The molecule has 2 saturated heterocycles. The Bertz CT molecular complexity index is 328. The Morgan fingerprint density at radius 1 is 1.44 bits per heavy atom. The van der Waals surface area contributed by atoms with Crippen molar-refractivity contribution >= 4 is 11.8 Å². The number of carbonyl (C=O) groups excluding carboxylic acids is 2. The molecule has 1 atom stereocenters. The van der Waals surface area contributed by atoms with Crippen LogP contribution in [0.3, 0.4) is 0 Å². The molecule has 0 radical (unpaired) electrons. The van der Waals surface area contributed by atoms with Gasteiger partial charge in [-0.15, -0.1) is 0 Å². The molecule has 0 aromatic carbocycles. The molecule has 0 aromatic rings. The van der Waals surface area contributed by atoms with Gasteiger partial charge in [0.15, 0.2) is 0 Å². The molecule has 2 aliphatic heterocycles. The first-order valence-corrected chi connectivity index (χ1v) is 6.58. The number of hydrogen-bond acceptors (Lipinski definition) is 4.